The van der Waals surface area contributed by atoms with Crippen LogP contribution in [0.25, 0.3) is 0 Å². The normalized spacial score (nSPS) is 9.05. The van der Waals surface area contributed by atoms with Gasteiger partial charge in [0.05, 0.1) is 17.5 Å². The van der Waals surface area contributed by atoms with Gasteiger partial charge in [-0.2, -0.15) is 4.99 Å². The van der Waals surface area contributed by atoms with Crippen molar-refractivity contribution < 1.29 is 4.74 Å². The van der Waals surface area contributed by atoms with E-state index in [0.29, 0.717) is 6.61 Å². The van der Waals surface area contributed by atoms with Gasteiger partial charge in [0.1, 0.15) is 5.75 Å². The van der Waals surface area contributed by atoms with Crippen LogP contribution in [0.4, 0.5) is 5.69 Å². The van der Waals surface area contributed by atoms with Crippen molar-refractivity contribution >= 4 is 23.1 Å². The molecule has 2 aromatic carbocycles. The Kier molecular flexibility index (Phi) is 5.08. The quantitative estimate of drug-likeness (QED) is 0.476. The highest BCUT2D eigenvalue weighted by atomic mass is 32.1. The number of thiocarbonyl (C=S) groups is 1. The highest BCUT2D eigenvalue weighted by Gasteiger charge is 1.92. The summed E-state index contributed by atoms with van der Waals surface area (Å²) >= 11 is 4.56. The third-order valence-electron chi connectivity index (χ3n) is 2.56. The lowest BCUT2D eigenvalue weighted by molar-refractivity contribution is 0.340. The van der Waals surface area contributed by atoms with E-state index in [4.69, 9.17) is 4.74 Å². The van der Waals surface area contributed by atoms with Crippen molar-refractivity contribution in [3.63, 3.8) is 0 Å². The Balaban J connectivity index is 2.11. The lowest BCUT2D eigenvalue weighted by atomic mass is 10.1. The van der Waals surface area contributed by atoms with Crippen molar-refractivity contribution in [2.75, 3.05) is 6.61 Å². The average molecular weight is 279 g/mol. The molecule has 0 bridgehead atoms. The standard InChI is InChI=1S/C17H13NOS/c1-2-19-17-11-7-15(8-12-17)4-3-14-5-9-16(10-6-14)18-13-20/h5-12H,2H2,1H3. The van der Waals surface area contributed by atoms with Crippen LogP contribution in [0.3, 0.4) is 0 Å². The van der Waals surface area contributed by atoms with Crippen molar-refractivity contribution in [2.45, 2.75) is 6.92 Å². The lowest BCUT2D eigenvalue weighted by Crippen LogP contribution is -1.90. The van der Waals surface area contributed by atoms with Gasteiger partial charge in [-0.15, -0.1) is 0 Å². The van der Waals surface area contributed by atoms with E-state index < -0.39 is 0 Å². The fourth-order valence-electron chi connectivity index (χ4n) is 1.62. The summed E-state index contributed by atoms with van der Waals surface area (Å²) in [6, 6.07) is 15.3. The molecule has 0 aliphatic heterocycles. The Labute approximate surface area is 124 Å². The summed E-state index contributed by atoms with van der Waals surface area (Å²) in [7, 11) is 0. The largest absolute Gasteiger partial charge is 0.494 e. The molecule has 0 spiro atoms. The lowest BCUT2D eigenvalue weighted by Gasteiger charge is -2.01. The van der Waals surface area contributed by atoms with Gasteiger partial charge in [0.25, 0.3) is 0 Å². The monoisotopic (exact) mass is 279 g/mol. The maximum atomic E-state index is 5.39. The number of aliphatic imine (C=N–C) groups is 1. The Hall–Kier alpha value is -2.40. The van der Waals surface area contributed by atoms with Crippen LogP contribution in [0.2, 0.25) is 0 Å². The van der Waals surface area contributed by atoms with Crippen molar-refractivity contribution in [3.05, 3.63) is 59.7 Å². The molecule has 0 aromatic heterocycles. The van der Waals surface area contributed by atoms with Crippen LogP contribution in [-0.2, 0) is 0 Å². The molecular weight excluding hydrogens is 266 g/mol. The topological polar surface area (TPSA) is 21.6 Å². The Morgan fingerprint density at radius 1 is 0.950 bits per heavy atom. The van der Waals surface area contributed by atoms with Gasteiger partial charge in [0, 0.05) is 11.1 Å². The van der Waals surface area contributed by atoms with Gasteiger partial charge in [0.2, 0.25) is 0 Å². The van der Waals surface area contributed by atoms with Gasteiger partial charge in [0.15, 0.2) is 0 Å². The van der Waals surface area contributed by atoms with Crippen molar-refractivity contribution in [2.24, 2.45) is 4.99 Å². The highest BCUT2D eigenvalue weighted by Crippen LogP contribution is 2.13. The first-order chi connectivity index (χ1) is 9.81. The molecule has 2 aromatic rings. The minimum Gasteiger partial charge on any atom is -0.494 e. The molecule has 0 atom stereocenters. The second-order valence-electron chi connectivity index (χ2n) is 3.96. The molecule has 0 unspecified atom stereocenters. The fourth-order valence-corrected chi connectivity index (χ4v) is 1.72. The van der Waals surface area contributed by atoms with Gasteiger partial charge in [-0.05, 0) is 67.7 Å². The number of benzene rings is 2. The van der Waals surface area contributed by atoms with E-state index >= 15 is 0 Å². The smallest absolute Gasteiger partial charge is 0.119 e. The van der Waals surface area contributed by atoms with Gasteiger partial charge < -0.3 is 4.74 Å². The minimum absolute atomic E-state index is 0.668. The molecular formula is C17H13NOS. The van der Waals surface area contributed by atoms with Crippen molar-refractivity contribution in [1.82, 2.24) is 0 Å². The van der Waals surface area contributed by atoms with Crippen LogP contribution in [0.5, 0.6) is 5.75 Å². The number of isothiocyanates is 1. The van der Waals surface area contributed by atoms with E-state index in [1.807, 2.05) is 55.5 Å². The molecule has 0 heterocycles. The van der Waals surface area contributed by atoms with E-state index in [-0.39, 0.29) is 0 Å². The van der Waals surface area contributed by atoms with E-state index in [9.17, 15) is 0 Å². The number of hydrogen-bond acceptors (Lipinski definition) is 3. The van der Waals surface area contributed by atoms with E-state index in [0.717, 1.165) is 22.6 Å². The second-order valence-corrected chi connectivity index (χ2v) is 4.14. The molecule has 98 valence electrons. The Morgan fingerprint density at radius 3 is 2.00 bits per heavy atom. The predicted molar refractivity (Wildman–Crippen MR) is 84.7 cm³/mol. The zero-order valence-electron chi connectivity index (χ0n) is 11.1. The third-order valence-corrected chi connectivity index (χ3v) is 2.65. The van der Waals surface area contributed by atoms with Crippen LogP contribution < -0.4 is 4.74 Å². The van der Waals surface area contributed by atoms with E-state index in [1.165, 1.54) is 0 Å². The van der Waals surface area contributed by atoms with E-state index in [1.54, 1.807) is 0 Å². The first kappa shape index (κ1) is 14.0. The summed E-state index contributed by atoms with van der Waals surface area (Å²) in [6.07, 6.45) is 0. The third kappa shape index (κ3) is 4.07. The number of hydrogen-bond donors (Lipinski definition) is 0. The SMILES string of the molecule is CCOc1ccc(C#Cc2ccc(N=C=S)cc2)cc1. The van der Waals surface area contributed by atoms with Gasteiger partial charge >= 0.3 is 0 Å². The van der Waals surface area contributed by atoms with Crippen molar-refractivity contribution in [3.8, 4) is 17.6 Å². The van der Waals surface area contributed by atoms with Crippen LogP contribution in [0, 0.1) is 11.8 Å². The summed E-state index contributed by atoms with van der Waals surface area (Å²) < 4.78 is 5.39. The van der Waals surface area contributed by atoms with Gasteiger partial charge in [-0.25, -0.2) is 0 Å². The second kappa shape index (κ2) is 7.25. The average Bonchev–Trinajstić information content (AvgIpc) is 2.49. The molecule has 2 rings (SSSR count). The van der Waals surface area contributed by atoms with Crippen LogP contribution in [0.1, 0.15) is 18.1 Å². The summed E-state index contributed by atoms with van der Waals surface area (Å²) in [5.41, 5.74) is 2.67. The Morgan fingerprint density at radius 2 is 1.50 bits per heavy atom. The minimum atomic E-state index is 0.668. The molecule has 0 saturated heterocycles. The molecule has 2 nitrogen and oxygen atoms in total. The maximum absolute atomic E-state index is 5.39. The predicted octanol–water partition coefficient (Wildman–Crippen LogP) is 4.22. The molecule has 0 aliphatic carbocycles. The first-order valence-corrected chi connectivity index (χ1v) is 6.65. The summed E-state index contributed by atoms with van der Waals surface area (Å²) in [4.78, 5) is 3.90. The number of nitrogens with zero attached hydrogens (tertiary/aromatic N) is 1. The molecule has 0 saturated carbocycles. The van der Waals surface area contributed by atoms with Crippen LogP contribution in [0.15, 0.2) is 53.5 Å². The zero-order valence-corrected chi connectivity index (χ0v) is 11.9. The summed E-state index contributed by atoms with van der Waals surface area (Å²) in [5, 5.41) is 2.34. The maximum Gasteiger partial charge on any atom is 0.119 e. The number of ether oxygens (including phenoxy) is 1. The summed E-state index contributed by atoms with van der Waals surface area (Å²) in [6.45, 7) is 2.63. The fraction of sp³-hybridized carbons (Fsp3) is 0.118. The van der Waals surface area contributed by atoms with E-state index in [2.05, 4.69) is 34.2 Å². The molecule has 0 aliphatic rings. The summed E-state index contributed by atoms with van der Waals surface area (Å²) in [5.74, 6) is 7.07. The molecule has 0 amide bonds. The van der Waals surface area contributed by atoms with Crippen LogP contribution >= 0.6 is 12.2 Å². The van der Waals surface area contributed by atoms with Crippen molar-refractivity contribution in [1.29, 1.82) is 0 Å². The zero-order chi connectivity index (χ0) is 14.2. The highest BCUT2D eigenvalue weighted by molar-refractivity contribution is 7.78. The molecule has 0 fully saturated rings. The molecule has 0 N–H and O–H groups in total. The molecule has 3 heteroatoms. The first-order valence-electron chi connectivity index (χ1n) is 6.24. The van der Waals surface area contributed by atoms with Gasteiger partial charge in [-0.1, -0.05) is 11.8 Å². The molecule has 0 radical (unpaired) electrons. The Bertz CT molecular complexity index is 672. The molecule has 20 heavy (non-hydrogen) atoms. The van der Waals surface area contributed by atoms with Crippen LogP contribution in [-0.4, -0.2) is 11.8 Å². The van der Waals surface area contributed by atoms with Gasteiger partial charge in [-0.3, -0.25) is 0 Å². The number of rotatable bonds is 3.